The molecule has 0 unspecified atom stereocenters. The molecule has 0 radical (unpaired) electrons. The first-order chi connectivity index (χ1) is 11.7. The van der Waals surface area contributed by atoms with Crippen molar-refractivity contribution in [1.82, 2.24) is 14.9 Å². The molecule has 0 spiro atoms. The number of nitrogens with one attached hydrogen (secondary N) is 2. The molecule has 26 heavy (non-hydrogen) atoms. The molecular weight excluding hydrogens is 395 g/mol. The highest BCUT2D eigenvalue weighted by Gasteiger charge is 2.31. The topological polar surface area (TPSA) is 78.5 Å². The third kappa shape index (κ3) is 6.42. The van der Waals surface area contributed by atoms with Gasteiger partial charge in [-0.05, 0) is 24.6 Å². The molecule has 0 saturated carbocycles. The number of rotatable bonds is 6. The molecule has 1 aromatic rings. The van der Waals surface area contributed by atoms with Crippen LogP contribution in [0.15, 0.2) is 29.2 Å². The lowest BCUT2D eigenvalue weighted by atomic mass is 10.2. The zero-order valence-electron chi connectivity index (χ0n) is 13.9. The maximum Gasteiger partial charge on any atom is 0.416 e. The highest BCUT2D eigenvalue weighted by Crippen LogP contribution is 2.30. The number of alkyl halides is 3. The Balaban J connectivity index is 0.00000338. The fourth-order valence-corrected chi connectivity index (χ4v) is 3.56. The van der Waals surface area contributed by atoms with Gasteiger partial charge in [0, 0.05) is 39.1 Å². The minimum absolute atomic E-state index is 0. The Morgan fingerprint density at radius 1 is 1.23 bits per heavy atom. The van der Waals surface area contributed by atoms with Crippen molar-refractivity contribution in [3.8, 4) is 0 Å². The third-order valence-corrected chi connectivity index (χ3v) is 5.26. The summed E-state index contributed by atoms with van der Waals surface area (Å²) >= 11 is 0. The summed E-state index contributed by atoms with van der Waals surface area (Å²) < 4.78 is 64.4. The molecule has 1 aliphatic rings. The predicted octanol–water partition coefficient (Wildman–Crippen LogP) is 1.62. The van der Waals surface area contributed by atoms with Crippen molar-refractivity contribution in [2.75, 3.05) is 32.7 Å². The molecule has 0 aromatic heterocycles. The van der Waals surface area contributed by atoms with Gasteiger partial charge in [0.15, 0.2) is 0 Å². The monoisotopic (exact) mass is 415 g/mol. The molecule has 0 aliphatic carbocycles. The minimum atomic E-state index is -4.61. The molecule has 1 heterocycles. The number of amides is 1. The molecule has 0 atom stereocenters. The summed E-state index contributed by atoms with van der Waals surface area (Å²) in [6, 6.07) is 3.55. The Kier molecular flexibility index (Phi) is 8.32. The van der Waals surface area contributed by atoms with Gasteiger partial charge in [0.2, 0.25) is 15.9 Å². The average Bonchev–Trinajstić information content (AvgIpc) is 2.59. The zero-order valence-corrected chi connectivity index (χ0v) is 15.5. The second-order valence-corrected chi connectivity index (χ2v) is 7.42. The van der Waals surface area contributed by atoms with Gasteiger partial charge in [-0.15, -0.1) is 12.4 Å². The Morgan fingerprint density at radius 2 is 1.88 bits per heavy atom. The molecule has 1 saturated heterocycles. The highest BCUT2D eigenvalue weighted by molar-refractivity contribution is 7.89. The largest absolute Gasteiger partial charge is 0.416 e. The van der Waals surface area contributed by atoms with Crippen LogP contribution < -0.4 is 10.0 Å². The fourth-order valence-electron chi connectivity index (χ4n) is 2.44. The lowest BCUT2D eigenvalue weighted by Gasteiger charge is -2.27. The van der Waals surface area contributed by atoms with E-state index < -0.39 is 26.7 Å². The van der Waals surface area contributed by atoms with Crippen LogP contribution in [0.1, 0.15) is 18.4 Å². The van der Waals surface area contributed by atoms with E-state index in [1.54, 1.807) is 4.90 Å². The van der Waals surface area contributed by atoms with E-state index in [4.69, 9.17) is 0 Å². The van der Waals surface area contributed by atoms with Gasteiger partial charge >= 0.3 is 6.18 Å². The van der Waals surface area contributed by atoms with Gasteiger partial charge in [-0.3, -0.25) is 4.79 Å². The van der Waals surface area contributed by atoms with Crippen LogP contribution in [0.25, 0.3) is 0 Å². The predicted molar refractivity (Wildman–Crippen MR) is 92.6 cm³/mol. The van der Waals surface area contributed by atoms with Gasteiger partial charge < -0.3 is 10.2 Å². The number of benzene rings is 1. The third-order valence-electron chi connectivity index (χ3n) is 3.80. The highest BCUT2D eigenvalue weighted by atomic mass is 35.5. The molecular formula is C15H21ClF3N3O3S. The standard InChI is InChI=1S/C15H20F3N3O3S.ClH/c16-15(17,18)12-3-1-4-13(11-12)25(23,24)20-6-2-5-14(22)21-9-7-19-8-10-21;/h1,3-4,11,19-20H,2,5-10H2;1H. The lowest BCUT2D eigenvalue weighted by Crippen LogP contribution is -2.46. The molecule has 2 rings (SSSR count). The van der Waals surface area contributed by atoms with Gasteiger partial charge in [0.1, 0.15) is 0 Å². The Hall–Kier alpha value is -1.36. The number of piperazine rings is 1. The van der Waals surface area contributed by atoms with Crippen molar-refractivity contribution in [2.45, 2.75) is 23.9 Å². The first-order valence-electron chi connectivity index (χ1n) is 7.85. The number of carbonyl (C=O) groups excluding carboxylic acids is 1. The summed E-state index contributed by atoms with van der Waals surface area (Å²) in [7, 11) is -4.05. The van der Waals surface area contributed by atoms with Crippen LogP contribution in [-0.2, 0) is 21.0 Å². The Morgan fingerprint density at radius 3 is 2.50 bits per heavy atom. The molecule has 1 aliphatic heterocycles. The Labute approximate surface area is 156 Å². The number of hydrogen-bond acceptors (Lipinski definition) is 4. The average molecular weight is 416 g/mol. The van der Waals surface area contributed by atoms with E-state index in [1.807, 2.05) is 0 Å². The normalized spacial score (nSPS) is 15.4. The van der Waals surface area contributed by atoms with Gasteiger partial charge in [-0.2, -0.15) is 13.2 Å². The molecule has 11 heteroatoms. The van der Waals surface area contributed by atoms with Crippen LogP contribution in [0.5, 0.6) is 0 Å². The minimum Gasteiger partial charge on any atom is -0.340 e. The van der Waals surface area contributed by atoms with Crippen LogP contribution in [-0.4, -0.2) is 51.9 Å². The smallest absolute Gasteiger partial charge is 0.340 e. The number of nitrogens with zero attached hydrogens (tertiary/aromatic N) is 1. The first-order valence-corrected chi connectivity index (χ1v) is 9.34. The van der Waals surface area contributed by atoms with E-state index in [0.29, 0.717) is 19.2 Å². The number of sulfonamides is 1. The van der Waals surface area contributed by atoms with Gasteiger partial charge in [0.25, 0.3) is 0 Å². The van der Waals surface area contributed by atoms with Crippen molar-refractivity contribution >= 4 is 28.3 Å². The number of halogens is 4. The van der Waals surface area contributed by atoms with Crippen LogP contribution in [0.4, 0.5) is 13.2 Å². The quantitative estimate of drug-likeness (QED) is 0.692. The van der Waals surface area contributed by atoms with E-state index in [0.717, 1.165) is 31.3 Å². The molecule has 6 nitrogen and oxygen atoms in total. The van der Waals surface area contributed by atoms with Crippen molar-refractivity contribution in [3.63, 3.8) is 0 Å². The molecule has 0 bridgehead atoms. The van der Waals surface area contributed by atoms with Crippen LogP contribution in [0.2, 0.25) is 0 Å². The van der Waals surface area contributed by atoms with E-state index in [2.05, 4.69) is 10.0 Å². The molecule has 1 fully saturated rings. The van der Waals surface area contributed by atoms with Crippen LogP contribution >= 0.6 is 12.4 Å². The molecule has 148 valence electrons. The van der Waals surface area contributed by atoms with Crippen molar-refractivity contribution in [3.05, 3.63) is 29.8 Å². The second kappa shape index (κ2) is 9.54. The first kappa shape index (κ1) is 22.7. The number of carbonyl (C=O) groups is 1. The van der Waals surface area contributed by atoms with Crippen molar-refractivity contribution in [1.29, 1.82) is 0 Å². The summed E-state index contributed by atoms with van der Waals surface area (Å²) in [4.78, 5) is 13.2. The summed E-state index contributed by atoms with van der Waals surface area (Å²) in [5, 5.41) is 3.12. The van der Waals surface area contributed by atoms with E-state index in [-0.39, 0.29) is 37.7 Å². The summed E-state index contributed by atoms with van der Waals surface area (Å²) in [5.41, 5.74) is -1.02. The Bertz CT molecular complexity index is 708. The van der Waals surface area contributed by atoms with Gasteiger partial charge in [-0.1, -0.05) is 6.07 Å². The van der Waals surface area contributed by atoms with Gasteiger partial charge in [-0.25, -0.2) is 13.1 Å². The fraction of sp³-hybridized carbons (Fsp3) is 0.533. The maximum absolute atomic E-state index is 12.7. The van der Waals surface area contributed by atoms with Crippen molar-refractivity contribution < 1.29 is 26.4 Å². The summed E-state index contributed by atoms with van der Waals surface area (Å²) in [5.74, 6) is -0.0558. The van der Waals surface area contributed by atoms with E-state index >= 15 is 0 Å². The zero-order chi connectivity index (χ0) is 18.5. The summed E-state index contributed by atoms with van der Waals surface area (Å²) in [6.45, 7) is 2.68. The lowest BCUT2D eigenvalue weighted by molar-refractivity contribution is -0.137. The van der Waals surface area contributed by atoms with E-state index in [1.165, 1.54) is 0 Å². The molecule has 2 N–H and O–H groups in total. The van der Waals surface area contributed by atoms with Crippen molar-refractivity contribution in [2.24, 2.45) is 0 Å². The number of hydrogen-bond donors (Lipinski definition) is 2. The van der Waals surface area contributed by atoms with Crippen LogP contribution in [0.3, 0.4) is 0 Å². The maximum atomic E-state index is 12.7. The molecule has 1 amide bonds. The second-order valence-electron chi connectivity index (χ2n) is 5.66. The van der Waals surface area contributed by atoms with Gasteiger partial charge in [0.05, 0.1) is 10.5 Å². The van der Waals surface area contributed by atoms with E-state index in [9.17, 15) is 26.4 Å². The SMILES string of the molecule is Cl.O=C(CCCNS(=O)(=O)c1cccc(C(F)(F)F)c1)N1CCNCC1. The molecule has 1 aromatic carbocycles. The summed E-state index contributed by atoms with van der Waals surface area (Å²) in [6.07, 6.45) is -4.15. The van der Waals surface area contributed by atoms with Crippen LogP contribution in [0, 0.1) is 0 Å².